The molecule has 108 valence electrons. The minimum Gasteiger partial charge on any atom is -0.317 e. The van der Waals surface area contributed by atoms with Crippen molar-refractivity contribution >= 4 is 17.4 Å². The fourth-order valence-electron chi connectivity index (χ4n) is 2.94. The third-order valence-electron chi connectivity index (χ3n) is 4.08. The van der Waals surface area contributed by atoms with Crippen LogP contribution in [0.15, 0.2) is 30.3 Å². The number of hydrogen-bond donors (Lipinski definition) is 1. The summed E-state index contributed by atoms with van der Waals surface area (Å²) in [4.78, 5) is 26.5. The monoisotopic (exact) mass is 274 g/mol. The maximum atomic E-state index is 12.5. The molecule has 4 nitrogen and oxygen atoms in total. The molecule has 0 unspecified atom stereocenters. The normalized spacial score (nSPS) is 17.5. The van der Waals surface area contributed by atoms with Crippen LogP contribution in [-0.2, 0) is 9.59 Å². The van der Waals surface area contributed by atoms with Crippen molar-refractivity contribution in [1.29, 1.82) is 0 Å². The first-order chi connectivity index (χ1) is 9.62. The number of piperidine rings is 1. The van der Waals surface area contributed by atoms with Gasteiger partial charge in [-0.3, -0.25) is 14.5 Å². The van der Waals surface area contributed by atoms with E-state index in [0.29, 0.717) is 19.3 Å². The standard InChI is InChI=1S/C16H22N2O2/c1-3-15(20)18(14-7-5-4-6-8-14)16(13(2)19)9-11-17-12-10-16/h4-8,17H,3,9-12H2,1-2H3. The van der Waals surface area contributed by atoms with Gasteiger partial charge in [-0.05, 0) is 45.0 Å². The van der Waals surface area contributed by atoms with Gasteiger partial charge in [0.25, 0.3) is 0 Å². The van der Waals surface area contributed by atoms with Crippen molar-refractivity contribution in [3.05, 3.63) is 30.3 Å². The molecule has 1 aliphatic heterocycles. The van der Waals surface area contributed by atoms with E-state index >= 15 is 0 Å². The molecule has 0 bridgehead atoms. The highest BCUT2D eigenvalue weighted by Crippen LogP contribution is 2.33. The maximum absolute atomic E-state index is 12.5. The second-order valence-corrected chi connectivity index (χ2v) is 5.26. The molecule has 0 aliphatic carbocycles. The Bertz CT molecular complexity index is 479. The van der Waals surface area contributed by atoms with Crippen molar-refractivity contribution in [1.82, 2.24) is 5.32 Å². The predicted octanol–water partition coefficient (Wildman–Crippen LogP) is 2.14. The van der Waals surface area contributed by atoms with Gasteiger partial charge in [0, 0.05) is 12.1 Å². The molecule has 2 rings (SSSR count). The summed E-state index contributed by atoms with van der Waals surface area (Å²) in [6, 6.07) is 9.53. The molecule has 0 spiro atoms. The molecular formula is C16H22N2O2. The summed E-state index contributed by atoms with van der Waals surface area (Å²) in [5.41, 5.74) is 0.121. The fraction of sp³-hybridized carbons (Fsp3) is 0.500. The van der Waals surface area contributed by atoms with Crippen LogP contribution in [0.4, 0.5) is 5.69 Å². The Morgan fingerprint density at radius 1 is 1.20 bits per heavy atom. The van der Waals surface area contributed by atoms with E-state index in [1.165, 1.54) is 0 Å². The quantitative estimate of drug-likeness (QED) is 0.915. The molecule has 0 atom stereocenters. The lowest BCUT2D eigenvalue weighted by Crippen LogP contribution is -2.61. The molecule has 1 amide bonds. The molecule has 0 radical (unpaired) electrons. The van der Waals surface area contributed by atoms with Crippen LogP contribution in [-0.4, -0.2) is 30.3 Å². The molecule has 20 heavy (non-hydrogen) atoms. The third-order valence-corrected chi connectivity index (χ3v) is 4.08. The van der Waals surface area contributed by atoms with Crippen molar-refractivity contribution in [3.63, 3.8) is 0 Å². The molecule has 0 aromatic heterocycles. The van der Waals surface area contributed by atoms with E-state index in [0.717, 1.165) is 18.8 Å². The van der Waals surface area contributed by atoms with E-state index in [-0.39, 0.29) is 11.7 Å². The van der Waals surface area contributed by atoms with Crippen LogP contribution in [0.5, 0.6) is 0 Å². The maximum Gasteiger partial charge on any atom is 0.227 e. The van der Waals surface area contributed by atoms with Gasteiger partial charge < -0.3 is 5.32 Å². The van der Waals surface area contributed by atoms with Crippen LogP contribution >= 0.6 is 0 Å². The van der Waals surface area contributed by atoms with Gasteiger partial charge in [-0.2, -0.15) is 0 Å². The lowest BCUT2D eigenvalue weighted by atomic mass is 9.82. The van der Waals surface area contributed by atoms with Crippen LogP contribution in [0.25, 0.3) is 0 Å². The van der Waals surface area contributed by atoms with Gasteiger partial charge in [0.1, 0.15) is 5.54 Å². The first kappa shape index (κ1) is 14.7. The Labute approximate surface area is 120 Å². The number of carbonyl (C=O) groups excluding carboxylic acids is 2. The molecule has 4 heteroatoms. The second-order valence-electron chi connectivity index (χ2n) is 5.26. The third kappa shape index (κ3) is 2.61. The van der Waals surface area contributed by atoms with E-state index in [1.807, 2.05) is 37.3 Å². The van der Waals surface area contributed by atoms with E-state index in [1.54, 1.807) is 11.8 Å². The zero-order valence-corrected chi connectivity index (χ0v) is 12.2. The molecular weight excluding hydrogens is 252 g/mol. The largest absolute Gasteiger partial charge is 0.317 e. The van der Waals surface area contributed by atoms with Gasteiger partial charge in [0.2, 0.25) is 5.91 Å². The molecule has 0 saturated carbocycles. The van der Waals surface area contributed by atoms with Gasteiger partial charge in [-0.15, -0.1) is 0 Å². The summed E-state index contributed by atoms with van der Waals surface area (Å²) in [7, 11) is 0. The lowest BCUT2D eigenvalue weighted by molar-refractivity contribution is -0.128. The van der Waals surface area contributed by atoms with Crippen LogP contribution in [0.3, 0.4) is 0 Å². The van der Waals surface area contributed by atoms with E-state index in [4.69, 9.17) is 0 Å². The SMILES string of the molecule is CCC(=O)N(c1ccccc1)C1(C(C)=O)CCNCC1. The van der Waals surface area contributed by atoms with Crippen LogP contribution < -0.4 is 10.2 Å². The molecule has 1 saturated heterocycles. The number of anilines is 1. The van der Waals surface area contributed by atoms with Crippen molar-refractivity contribution in [2.24, 2.45) is 0 Å². The first-order valence-corrected chi connectivity index (χ1v) is 7.21. The summed E-state index contributed by atoms with van der Waals surface area (Å²) in [6.45, 7) is 4.97. The van der Waals surface area contributed by atoms with Crippen LogP contribution in [0, 0.1) is 0 Å². The summed E-state index contributed by atoms with van der Waals surface area (Å²) < 4.78 is 0. The van der Waals surface area contributed by atoms with Gasteiger partial charge in [0.05, 0.1) is 0 Å². The Morgan fingerprint density at radius 2 is 1.80 bits per heavy atom. The van der Waals surface area contributed by atoms with Crippen molar-refractivity contribution in [2.75, 3.05) is 18.0 Å². The Balaban J connectivity index is 2.48. The predicted molar refractivity (Wildman–Crippen MR) is 79.7 cm³/mol. The van der Waals surface area contributed by atoms with Crippen LogP contribution in [0.2, 0.25) is 0 Å². The van der Waals surface area contributed by atoms with Gasteiger partial charge >= 0.3 is 0 Å². The van der Waals surface area contributed by atoms with Gasteiger partial charge in [-0.25, -0.2) is 0 Å². The van der Waals surface area contributed by atoms with E-state index in [2.05, 4.69) is 5.32 Å². The lowest BCUT2D eigenvalue weighted by Gasteiger charge is -2.44. The Hall–Kier alpha value is -1.68. The van der Waals surface area contributed by atoms with E-state index in [9.17, 15) is 9.59 Å². The van der Waals surface area contributed by atoms with E-state index < -0.39 is 5.54 Å². The smallest absolute Gasteiger partial charge is 0.227 e. The van der Waals surface area contributed by atoms with Crippen LogP contribution in [0.1, 0.15) is 33.1 Å². The fourth-order valence-corrected chi connectivity index (χ4v) is 2.94. The Kier molecular flexibility index (Phi) is 4.55. The second kappa shape index (κ2) is 6.18. The number of carbonyl (C=O) groups is 2. The topological polar surface area (TPSA) is 49.4 Å². The number of ketones is 1. The number of Topliss-reactive ketones (excluding diaryl/α,β-unsaturated/α-hetero) is 1. The first-order valence-electron chi connectivity index (χ1n) is 7.21. The average molecular weight is 274 g/mol. The van der Waals surface area contributed by atoms with Crippen molar-refractivity contribution < 1.29 is 9.59 Å². The van der Waals surface area contributed by atoms with Crippen molar-refractivity contribution in [3.8, 4) is 0 Å². The average Bonchev–Trinajstić information content (AvgIpc) is 2.49. The number of benzene rings is 1. The summed E-state index contributed by atoms with van der Waals surface area (Å²) >= 11 is 0. The molecule has 1 aliphatic rings. The van der Waals surface area contributed by atoms with Gasteiger partial charge in [-0.1, -0.05) is 25.1 Å². The summed E-state index contributed by atoms with van der Waals surface area (Å²) in [6.07, 6.45) is 1.74. The summed E-state index contributed by atoms with van der Waals surface area (Å²) in [5, 5.41) is 3.27. The number of nitrogens with zero attached hydrogens (tertiary/aromatic N) is 1. The molecule has 1 fully saturated rings. The highest BCUT2D eigenvalue weighted by molar-refractivity contribution is 6.03. The van der Waals surface area contributed by atoms with Crippen molar-refractivity contribution in [2.45, 2.75) is 38.6 Å². The highest BCUT2D eigenvalue weighted by Gasteiger charge is 2.44. The molecule has 1 heterocycles. The number of hydrogen-bond acceptors (Lipinski definition) is 3. The Morgan fingerprint density at radius 3 is 2.30 bits per heavy atom. The molecule has 1 aromatic rings. The molecule has 1 aromatic carbocycles. The minimum atomic E-state index is -0.695. The number of amides is 1. The highest BCUT2D eigenvalue weighted by atomic mass is 16.2. The zero-order valence-electron chi connectivity index (χ0n) is 12.2. The summed E-state index contributed by atoms with van der Waals surface area (Å²) in [5.74, 6) is 0.0814. The number of nitrogens with one attached hydrogen (secondary N) is 1. The number of rotatable bonds is 4. The number of para-hydroxylation sites is 1. The zero-order chi connectivity index (χ0) is 14.6. The minimum absolute atomic E-state index is 0.00769. The van der Waals surface area contributed by atoms with Gasteiger partial charge in [0.15, 0.2) is 5.78 Å². The molecule has 1 N–H and O–H groups in total.